The van der Waals surface area contributed by atoms with Gasteiger partial charge in [0, 0.05) is 18.8 Å². The zero-order valence-electron chi connectivity index (χ0n) is 14.0. The van der Waals surface area contributed by atoms with Crippen molar-refractivity contribution in [2.24, 2.45) is 0 Å². The van der Waals surface area contributed by atoms with Gasteiger partial charge in [-0.2, -0.15) is 0 Å². The number of ether oxygens (including phenoxy) is 2. The maximum Gasteiger partial charge on any atom is 0.119 e. The van der Waals surface area contributed by atoms with E-state index in [2.05, 4.69) is 36.1 Å². The van der Waals surface area contributed by atoms with Gasteiger partial charge in [-0.05, 0) is 30.7 Å². The molecule has 0 saturated carbocycles. The Labute approximate surface area is 139 Å². The molecule has 0 atom stereocenters. The number of para-hydroxylation sites is 2. The van der Waals surface area contributed by atoms with Gasteiger partial charge in [-0.15, -0.1) is 0 Å². The van der Waals surface area contributed by atoms with E-state index in [9.17, 15) is 0 Å². The van der Waals surface area contributed by atoms with E-state index in [1.807, 2.05) is 36.4 Å². The maximum atomic E-state index is 5.82. The Kier molecular flexibility index (Phi) is 8.06. The second-order valence-corrected chi connectivity index (χ2v) is 5.45. The van der Waals surface area contributed by atoms with Gasteiger partial charge < -0.3 is 14.4 Å². The summed E-state index contributed by atoms with van der Waals surface area (Å²) in [5.74, 6) is 0.916. The Bertz CT molecular complexity index is 516. The molecule has 2 rings (SSSR count). The lowest BCUT2D eigenvalue weighted by Gasteiger charge is -2.25. The van der Waals surface area contributed by atoms with Gasteiger partial charge in [0.15, 0.2) is 0 Å². The van der Waals surface area contributed by atoms with Gasteiger partial charge in [0.1, 0.15) is 12.4 Å². The number of unbranched alkanes of at least 4 members (excludes halogenated alkanes) is 1. The van der Waals surface area contributed by atoms with Crippen LogP contribution in [0.2, 0.25) is 0 Å². The van der Waals surface area contributed by atoms with E-state index >= 15 is 0 Å². The van der Waals surface area contributed by atoms with E-state index < -0.39 is 0 Å². The molecule has 23 heavy (non-hydrogen) atoms. The average Bonchev–Trinajstić information content (AvgIpc) is 2.62. The maximum absolute atomic E-state index is 5.82. The molecule has 3 heteroatoms. The minimum absolute atomic E-state index is 0.661. The topological polar surface area (TPSA) is 21.7 Å². The van der Waals surface area contributed by atoms with Crippen molar-refractivity contribution in [2.75, 3.05) is 37.8 Å². The standard InChI is InChI=1S/C20H27NO2/c1-2-3-16-22-17-14-21(19-10-6-4-7-11-19)15-18-23-20-12-8-5-9-13-20/h4-13H,2-3,14-18H2,1H3. The van der Waals surface area contributed by atoms with Crippen LogP contribution in [0.5, 0.6) is 5.75 Å². The summed E-state index contributed by atoms with van der Waals surface area (Å²) in [6.45, 7) is 6.16. The number of hydrogen-bond donors (Lipinski definition) is 0. The summed E-state index contributed by atoms with van der Waals surface area (Å²) in [7, 11) is 0. The predicted octanol–water partition coefficient (Wildman–Crippen LogP) is 4.39. The largest absolute Gasteiger partial charge is 0.492 e. The second-order valence-electron chi connectivity index (χ2n) is 5.45. The summed E-state index contributed by atoms with van der Waals surface area (Å²) in [6, 6.07) is 20.4. The first-order valence-electron chi connectivity index (χ1n) is 8.45. The fourth-order valence-corrected chi connectivity index (χ4v) is 2.32. The van der Waals surface area contributed by atoms with Gasteiger partial charge >= 0.3 is 0 Å². The molecule has 0 saturated heterocycles. The van der Waals surface area contributed by atoms with E-state index in [0.29, 0.717) is 6.61 Å². The normalized spacial score (nSPS) is 10.5. The molecule has 0 unspecified atom stereocenters. The van der Waals surface area contributed by atoms with Crippen LogP contribution < -0.4 is 9.64 Å². The molecule has 0 aliphatic rings. The monoisotopic (exact) mass is 313 g/mol. The van der Waals surface area contributed by atoms with Crippen LogP contribution >= 0.6 is 0 Å². The van der Waals surface area contributed by atoms with Gasteiger partial charge in [0.2, 0.25) is 0 Å². The summed E-state index contributed by atoms with van der Waals surface area (Å²) in [5, 5.41) is 0. The van der Waals surface area contributed by atoms with Gasteiger partial charge in [-0.3, -0.25) is 0 Å². The van der Waals surface area contributed by atoms with Crippen molar-refractivity contribution in [3.63, 3.8) is 0 Å². The van der Waals surface area contributed by atoms with Crippen LogP contribution in [0.4, 0.5) is 5.69 Å². The lowest BCUT2D eigenvalue weighted by Crippen LogP contribution is -2.31. The number of nitrogens with zero attached hydrogens (tertiary/aromatic N) is 1. The summed E-state index contributed by atoms with van der Waals surface area (Å²) >= 11 is 0. The van der Waals surface area contributed by atoms with E-state index in [1.165, 1.54) is 12.1 Å². The highest BCUT2D eigenvalue weighted by molar-refractivity contribution is 5.45. The third-order valence-electron chi connectivity index (χ3n) is 3.64. The lowest BCUT2D eigenvalue weighted by atomic mass is 10.3. The van der Waals surface area contributed by atoms with Crippen molar-refractivity contribution in [2.45, 2.75) is 19.8 Å². The van der Waals surface area contributed by atoms with Crippen molar-refractivity contribution in [1.82, 2.24) is 0 Å². The molecular formula is C20H27NO2. The smallest absolute Gasteiger partial charge is 0.119 e. The molecule has 3 nitrogen and oxygen atoms in total. The van der Waals surface area contributed by atoms with Crippen molar-refractivity contribution < 1.29 is 9.47 Å². The molecule has 0 radical (unpaired) electrons. The summed E-state index contributed by atoms with van der Waals surface area (Å²) < 4.78 is 11.5. The fourth-order valence-electron chi connectivity index (χ4n) is 2.32. The molecule has 2 aromatic carbocycles. The first kappa shape index (κ1) is 17.4. The molecule has 0 aliphatic carbocycles. The van der Waals surface area contributed by atoms with E-state index in [0.717, 1.165) is 38.5 Å². The lowest BCUT2D eigenvalue weighted by molar-refractivity contribution is 0.136. The van der Waals surface area contributed by atoms with Crippen LogP contribution in [-0.4, -0.2) is 32.9 Å². The Morgan fingerprint density at radius 2 is 1.43 bits per heavy atom. The van der Waals surface area contributed by atoms with Crippen molar-refractivity contribution in [1.29, 1.82) is 0 Å². The van der Waals surface area contributed by atoms with Gasteiger partial charge in [0.25, 0.3) is 0 Å². The molecule has 124 valence electrons. The first-order valence-corrected chi connectivity index (χ1v) is 8.45. The third kappa shape index (κ3) is 6.74. The number of rotatable bonds is 11. The predicted molar refractivity (Wildman–Crippen MR) is 96.3 cm³/mol. The van der Waals surface area contributed by atoms with Crippen LogP contribution in [0.1, 0.15) is 19.8 Å². The van der Waals surface area contributed by atoms with Crippen molar-refractivity contribution in [3.05, 3.63) is 60.7 Å². The van der Waals surface area contributed by atoms with E-state index in [-0.39, 0.29) is 0 Å². The zero-order chi connectivity index (χ0) is 16.2. The number of benzene rings is 2. The van der Waals surface area contributed by atoms with E-state index in [1.54, 1.807) is 0 Å². The SMILES string of the molecule is CCCCOCCN(CCOc1ccccc1)c1ccccc1. The molecule has 0 fully saturated rings. The minimum atomic E-state index is 0.661. The van der Waals surface area contributed by atoms with Crippen LogP contribution in [0.25, 0.3) is 0 Å². The Morgan fingerprint density at radius 1 is 0.783 bits per heavy atom. The molecule has 0 spiro atoms. The number of hydrogen-bond acceptors (Lipinski definition) is 3. The van der Waals surface area contributed by atoms with Crippen LogP contribution in [0.3, 0.4) is 0 Å². The Hall–Kier alpha value is -2.00. The third-order valence-corrected chi connectivity index (χ3v) is 3.64. The molecule has 0 aromatic heterocycles. The Balaban J connectivity index is 1.81. The highest BCUT2D eigenvalue weighted by atomic mass is 16.5. The Morgan fingerprint density at radius 3 is 2.13 bits per heavy atom. The molecular weight excluding hydrogens is 286 g/mol. The second kappa shape index (κ2) is 10.7. The fraction of sp³-hybridized carbons (Fsp3) is 0.400. The van der Waals surface area contributed by atoms with Crippen LogP contribution in [0.15, 0.2) is 60.7 Å². The van der Waals surface area contributed by atoms with Crippen LogP contribution in [0, 0.1) is 0 Å². The quantitative estimate of drug-likeness (QED) is 0.574. The summed E-state index contributed by atoms with van der Waals surface area (Å²) in [6.07, 6.45) is 2.30. The zero-order valence-corrected chi connectivity index (χ0v) is 14.0. The molecule has 0 bridgehead atoms. The van der Waals surface area contributed by atoms with Gasteiger partial charge in [-0.1, -0.05) is 49.7 Å². The minimum Gasteiger partial charge on any atom is -0.492 e. The first-order chi connectivity index (χ1) is 11.4. The molecule has 2 aromatic rings. The average molecular weight is 313 g/mol. The highest BCUT2D eigenvalue weighted by Gasteiger charge is 2.06. The highest BCUT2D eigenvalue weighted by Crippen LogP contribution is 2.13. The van der Waals surface area contributed by atoms with Crippen molar-refractivity contribution in [3.8, 4) is 5.75 Å². The molecule has 0 N–H and O–H groups in total. The van der Waals surface area contributed by atoms with Crippen LogP contribution in [-0.2, 0) is 4.74 Å². The van der Waals surface area contributed by atoms with Crippen molar-refractivity contribution >= 4 is 5.69 Å². The number of anilines is 1. The molecule has 0 heterocycles. The summed E-state index contributed by atoms with van der Waals surface area (Å²) in [4.78, 5) is 2.31. The van der Waals surface area contributed by atoms with Gasteiger partial charge in [0.05, 0.1) is 13.2 Å². The van der Waals surface area contributed by atoms with E-state index in [4.69, 9.17) is 9.47 Å². The van der Waals surface area contributed by atoms with Gasteiger partial charge in [-0.25, -0.2) is 0 Å². The molecule has 0 amide bonds. The summed E-state index contributed by atoms with van der Waals surface area (Å²) in [5.41, 5.74) is 1.21. The molecule has 0 aliphatic heterocycles.